The first kappa shape index (κ1) is 73.5. The molecule has 0 aliphatic heterocycles. The lowest BCUT2D eigenvalue weighted by atomic mass is 10.1. The van der Waals surface area contributed by atoms with E-state index in [4.69, 9.17) is 14.2 Å². The maximum Gasteiger partial charge on any atom is 0.306 e. The molecule has 1 atom stereocenters. The van der Waals surface area contributed by atoms with Gasteiger partial charge in [0.1, 0.15) is 13.2 Å². The highest BCUT2D eigenvalue weighted by molar-refractivity contribution is 5.71. The summed E-state index contributed by atoms with van der Waals surface area (Å²) in [5, 5.41) is 0. The minimum atomic E-state index is -0.793. The Balaban J connectivity index is 4.29. The molecule has 0 rings (SSSR count). The molecule has 0 fully saturated rings. The van der Waals surface area contributed by atoms with E-state index in [0.717, 1.165) is 148 Å². The van der Waals surface area contributed by atoms with Gasteiger partial charge in [-0.2, -0.15) is 0 Å². The number of hydrogen-bond donors (Lipinski definition) is 0. The van der Waals surface area contributed by atoms with E-state index in [2.05, 4.69) is 154 Å². The van der Waals surface area contributed by atoms with E-state index in [-0.39, 0.29) is 31.1 Å². The van der Waals surface area contributed by atoms with Crippen LogP contribution in [-0.2, 0) is 28.6 Å². The highest BCUT2D eigenvalue weighted by Crippen LogP contribution is 2.15. The molecule has 0 saturated carbocycles. The first-order valence-electron chi connectivity index (χ1n) is 32.2. The molecule has 0 heterocycles. The second-order valence-corrected chi connectivity index (χ2v) is 20.9. The summed E-state index contributed by atoms with van der Waals surface area (Å²) in [6, 6.07) is 0. The van der Waals surface area contributed by atoms with Crippen LogP contribution in [0.2, 0.25) is 0 Å². The molecule has 1 unspecified atom stereocenters. The maximum absolute atomic E-state index is 12.9. The van der Waals surface area contributed by atoms with E-state index in [1.54, 1.807) is 0 Å². The van der Waals surface area contributed by atoms with E-state index in [1.807, 2.05) is 0 Å². The smallest absolute Gasteiger partial charge is 0.306 e. The predicted octanol–water partition coefficient (Wildman–Crippen LogP) is 22.2. The first-order chi connectivity index (χ1) is 38.5. The molecular formula is C72H118O6. The van der Waals surface area contributed by atoms with E-state index >= 15 is 0 Å². The van der Waals surface area contributed by atoms with Gasteiger partial charge in [0, 0.05) is 19.3 Å². The lowest BCUT2D eigenvalue weighted by molar-refractivity contribution is -0.167. The molecule has 0 spiro atoms. The van der Waals surface area contributed by atoms with Crippen molar-refractivity contribution in [1.29, 1.82) is 0 Å². The van der Waals surface area contributed by atoms with Gasteiger partial charge in [-0.05, 0) is 122 Å². The third-order valence-corrected chi connectivity index (χ3v) is 13.4. The molecule has 0 radical (unpaired) electrons. The molecular weight excluding hydrogens is 961 g/mol. The molecule has 78 heavy (non-hydrogen) atoms. The fourth-order valence-electron chi connectivity index (χ4n) is 8.58. The Hall–Kier alpha value is -4.45. The van der Waals surface area contributed by atoms with E-state index in [0.29, 0.717) is 19.3 Å². The Bertz CT molecular complexity index is 1670. The number of carbonyl (C=O) groups is 3. The molecule has 442 valence electrons. The Morgan fingerprint density at radius 3 is 0.808 bits per heavy atom. The minimum absolute atomic E-state index is 0.0884. The molecule has 6 heteroatoms. The van der Waals surface area contributed by atoms with Crippen molar-refractivity contribution in [3.63, 3.8) is 0 Å². The molecule has 0 aromatic heterocycles. The van der Waals surface area contributed by atoms with Crippen LogP contribution >= 0.6 is 0 Å². The van der Waals surface area contributed by atoms with Gasteiger partial charge < -0.3 is 14.2 Å². The summed E-state index contributed by atoms with van der Waals surface area (Å²) in [5.74, 6) is -0.916. The third-order valence-electron chi connectivity index (χ3n) is 13.4. The van der Waals surface area contributed by atoms with Crippen molar-refractivity contribution in [1.82, 2.24) is 0 Å². The summed E-state index contributed by atoms with van der Waals surface area (Å²) >= 11 is 0. The first-order valence-corrected chi connectivity index (χ1v) is 32.2. The van der Waals surface area contributed by atoms with E-state index < -0.39 is 6.10 Å². The number of carbonyl (C=O) groups excluding carboxylic acids is 3. The van der Waals surface area contributed by atoms with Gasteiger partial charge in [0.15, 0.2) is 6.10 Å². The number of unbranched alkanes of at least 4 members (excludes halogenated alkanes) is 24. The van der Waals surface area contributed by atoms with Crippen molar-refractivity contribution >= 4 is 17.9 Å². The topological polar surface area (TPSA) is 78.9 Å². The standard InChI is InChI=1S/C72H118O6/c1-4-7-10-13-16-19-22-24-26-28-29-30-31-32-33-34-35-36-37-38-39-40-41-42-43-45-46-48-50-53-56-59-62-65-71(74)77-68-69(67-76-70(73)64-61-58-55-52-21-18-15-12-9-6-3)78-72(75)66-63-60-57-54-51-49-47-44-27-25-23-20-17-14-11-8-5-2/h7,10,16-17,19-20,24-27,29-30,32-33,35-36,38-39,41-42,45-46,69H,4-6,8-9,11-15,18,21-23,28,31,34,37,40,43-44,47-68H2,1-3H3/b10-7-,19-16-,20-17-,26-24-,27-25-,30-29-,33-32-,36-35-,39-38-,42-41-,46-45-. The van der Waals surface area contributed by atoms with Crippen LogP contribution in [0.15, 0.2) is 134 Å². The van der Waals surface area contributed by atoms with E-state index in [1.165, 1.54) is 96.3 Å². The molecule has 0 aromatic rings. The summed E-state index contributed by atoms with van der Waals surface area (Å²) in [6.07, 6.45) is 91.7. The Kier molecular flexibility index (Phi) is 61.4. The van der Waals surface area contributed by atoms with Gasteiger partial charge in [0.25, 0.3) is 0 Å². The SMILES string of the molecule is CC/C=C\C/C=C\C/C=C\C/C=C\C/C=C\C/C=C\C/C=C\C/C=C\C/C=C\CCCCCCCC(=O)OCC(COC(=O)CCCCCCCCCCCC)OC(=O)CCCCCCCCC/C=C\C/C=C\CCCCC. The van der Waals surface area contributed by atoms with Gasteiger partial charge in [0.2, 0.25) is 0 Å². The van der Waals surface area contributed by atoms with Crippen molar-refractivity contribution in [3.05, 3.63) is 134 Å². The molecule has 0 N–H and O–H groups in total. The zero-order valence-corrected chi connectivity index (χ0v) is 50.6. The molecule has 0 aliphatic carbocycles. The van der Waals surface area contributed by atoms with Crippen LogP contribution in [0, 0.1) is 0 Å². The fraction of sp³-hybridized carbons (Fsp3) is 0.653. The van der Waals surface area contributed by atoms with E-state index in [9.17, 15) is 14.4 Å². The minimum Gasteiger partial charge on any atom is -0.462 e. The molecule has 0 bridgehead atoms. The molecule has 0 saturated heterocycles. The van der Waals surface area contributed by atoms with Crippen molar-refractivity contribution < 1.29 is 28.6 Å². The summed E-state index contributed by atoms with van der Waals surface area (Å²) in [6.45, 7) is 6.47. The Morgan fingerprint density at radius 2 is 0.500 bits per heavy atom. The maximum atomic E-state index is 12.9. The van der Waals surface area contributed by atoms with Crippen LogP contribution in [0.3, 0.4) is 0 Å². The summed E-state index contributed by atoms with van der Waals surface area (Å²) in [4.78, 5) is 38.2. The number of ether oxygens (including phenoxy) is 3. The Labute approximate surface area is 481 Å². The molecule has 6 nitrogen and oxygen atoms in total. The lowest BCUT2D eigenvalue weighted by Gasteiger charge is -2.18. The quantitative estimate of drug-likeness (QED) is 0.0261. The van der Waals surface area contributed by atoms with Crippen LogP contribution < -0.4 is 0 Å². The summed E-state index contributed by atoms with van der Waals surface area (Å²) < 4.78 is 16.9. The highest BCUT2D eigenvalue weighted by atomic mass is 16.6. The van der Waals surface area contributed by atoms with Gasteiger partial charge >= 0.3 is 17.9 Å². The average molecular weight is 1080 g/mol. The van der Waals surface area contributed by atoms with Crippen molar-refractivity contribution in [2.45, 2.75) is 290 Å². The van der Waals surface area contributed by atoms with Crippen LogP contribution in [0.1, 0.15) is 284 Å². The fourth-order valence-corrected chi connectivity index (χ4v) is 8.58. The molecule has 0 amide bonds. The predicted molar refractivity (Wildman–Crippen MR) is 339 cm³/mol. The number of allylic oxidation sites excluding steroid dienone is 22. The van der Waals surface area contributed by atoms with Gasteiger partial charge in [0.05, 0.1) is 0 Å². The van der Waals surface area contributed by atoms with Crippen LogP contribution in [-0.4, -0.2) is 37.2 Å². The highest BCUT2D eigenvalue weighted by Gasteiger charge is 2.19. The monoisotopic (exact) mass is 1080 g/mol. The third kappa shape index (κ3) is 62.4. The van der Waals surface area contributed by atoms with Gasteiger partial charge in [-0.25, -0.2) is 0 Å². The number of rotatable bonds is 57. The average Bonchev–Trinajstić information content (AvgIpc) is 3.44. The van der Waals surface area contributed by atoms with Crippen LogP contribution in [0.25, 0.3) is 0 Å². The second-order valence-electron chi connectivity index (χ2n) is 20.9. The van der Waals surface area contributed by atoms with Gasteiger partial charge in [-0.15, -0.1) is 0 Å². The van der Waals surface area contributed by atoms with Crippen molar-refractivity contribution in [2.75, 3.05) is 13.2 Å². The number of hydrogen-bond acceptors (Lipinski definition) is 6. The largest absolute Gasteiger partial charge is 0.462 e. The zero-order valence-electron chi connectivity index (χ0n) is 50.6. The van der Waals surface area contributed by atoms with Crippen LogP contribution in [0.4, 0.5) is 0 Å². The molecule has 0 aliphatic rings. The summed E-state index contributed by atoms with van der Waals surface area (Å²) in [5.41, 5.74) is 0. The van der Waals surface area contributed by atoms with Crippen LogP contribution in [0.5, 0.6) is 0 Å². The number of esters is 3. The van der Waals surface area contributed by atoms with Crippen molar-refractivity contribution in [2.24, 2.45) is 0 Å². The normalized spacial score (nSPS) is 13.0. The molecule has 0 aromatic carbocycles. The summed E-state index contributed by atoms with van der Waals surface area (Å²) in [7, 11) is 0. The van der Waals surface area contributed by atoms with Gasteiger partial charge in [-0.3, -0.25) is 14.4 Å². The zero-order chi connectivity index (χ0) is 56.4. The lowest BCUT2D eigenvalue weighted by Crippen LogP contribution is -2.30. The van der Waals surface area contributed by atoms with Gasteiger partial charge in [-0.1, -0.05) is 276 Å². The van der Waals surface area contributed by atoms with Crippen molar-refractivity contribution in [3.8, 4) is 0 Å². The second kappa shape index (κ2) is 65.1. The Morgan fingerprint density at radius 1 is 0.269 bits per heavy atom.